The highest BCUT2D eigenvalue weighted by Crippen LogP contribution is 2.11. The van der Waals surface area contributed by atoms with E-state index >= 15 is 0 Å². The zero-order valence-electron chi connectivity index (χ0n) is 10.7. The molecule has 0 fully saturated rings. The number of hydrogen-bond acceptors (Lipinski definition) is 2. The lowest BCUT2D eigenvalue weighted by Gasteiger charge is -2.28. The number of aliphatic hydroxyl groups is 1. The number of hydrogen-bond donors (Lipinski definition) is 2. The van der Waals surface area contributed by atoms with Crippen LogP contribution in [0.5, 0.6) is 0 Å². The van der Waals surface area contributed by atoms with Crippen LogP contribution in [0.2, 0.25) is 0 Å². The van der Waals surface area contributed by atoms with Gasteiger partial charge in [0.15, 0.2) is 0 Å². The zero-order valence-corrected chi connectivity index (χ0v) is 10.7. The molecule has 0 saturated carbocycles. The first-order valence-corrected chi connectivity index (χ1v) is 5.87. The van der Waals surface area contributed by atoms with Crippen LogP contribution in [0, 0.1) is 6.92 Å². The van der Waals surface area contributed by atoms with E-state index in [1.165, 1.54) is 11.1 Å². The number of nitrogens with one attached hydrogen (secondary N) is 1. The van der Waals surface area contributed by atoms with Gasteiger partial charge in [0.2, 0.25) is 0 Å². The minimum absolute atomic E-state index is 0.158. The van der Waals surface area contributed by atoms with Crippen LogP contribution in [0.25, 0.3) is 0 Å². The Bertz CT molecular complexity index is 333. The van der Waals surface area contributed by atoms with Crippen molar-refractivity contribution in [2.24, 2.45) is 0 Å². The lowest BCUT2D eigenvalue weighted by atomic mass is 9.99. The summed E-state index contributed by atoms with van der Waals surface area (Å²) in [5, 5.41) is 12.6. The summed E-state index contributed by atoms with van der Waals surface area (Å²) in [5.74, 6) is 0. The maximum Gasteiger partial charge on any atom is 0.0607 e. The Morgan fingerprint density at radius 2 is 1.94 bits per heavy atom. The van der Waals surface area contributed by atoms with Crippen molar-refractivity contribution in [1.82, 2.24) is 5.32 Å². The van der Waals surface area contributed by atoms with E-state index in [9.17, 15) is 5.11 Å². The molecule has 0 saturated heterocycles. The normalized spacial score (nSPS) is 13.8. The highest BCUT2D eigenvalue weighted by molar-refractivity contribution is 5.26. The third kappa shape index (κ3) is 3.95. The molecule has 0 radical (unpaired) electrons. The molecule has 0 spiro atoms. The fourth-order valence-electron chi connectivity index (χ4n) is 1.93. The first-order chi connectivity index (χ1) is 7.44. The van der Waals surface area contributed by atoms with Crippen LogP contribution in [0.4, 0.5) is 0 Å². The molecular formula is C14H23NO. The Kier molecular flexibility index (Phi) is 4.51. The van der Waals surface area contributed by atoms with Gasteiger partial charge in [0.1, 0.15) is 0 Å². The molecule has 0 aliphatic heterocycles. The third-order valence-electron chi connectivity index (χ3n) is 2.82. The highest BCUT2D eigenvalue weighted by atomic mass is 16.3. The summed E-state index contributed by atoms with van der Waals surface area (Å²) >= 11 is 0. The van der Waals surface area contributed by atoms with Crippen molar-refractivity contribution >= 4 is 0 Å². The van der Waals surface area contributed by atoms with Crippen LogP contribution in [0.1, 0.15) is 31.9 Å². The van der Waals surface area contributed by atoms with E-state index in [0.29, 0.717) is 6.04 Å². The van der Waals surface area contributed by atoms with Crippen LogP contribution in [0.15, 0.2) is 24.3 Å². The monoisotopic (exact) mass is 221 g/mol. The fraction of sp³-hybridized carbons (Fsp3) is 0.571. The van der Waals surface area contributed by atoms with Gasteiger partial charge in [0.05, 0.1) is 6.61 Å². The zero-order chi connectivity index (χ0) is 12.2. The van der Waals surface area contributed by atoms with Gasteiger partial charge in [-0.25, -0.2) is 0 Å². The molecule has 0 heterocycles. The van der Waals surface area contributed by atoms with Crippen LogP contribution in [-0.4, -0.2) is 23.3 Å². The molecule has 90 valence electrons. The largest absolute Gasteiger partial charge is 0.394 e. The average molecular weight is 221 g/mol. The second-order valence-electron chi connectivity index (χ2n) is 5.22. The Morgan fingerprint density at radius 1 is 1.31 bits per heavy atom. The number of rotatable bonds is 5. The SMILES string of the molecule is Cc1ccccc1CC(C)NC(C)(C)CO. The topological polar surface area (TPSA) is 32.3 Å². The standard InChI is InChI=1S/C14H23NO/c1-11-7-5-6-8-13(11)9-12(2)15-14(3,4)10-16/h5-8,12,15-16H,9-10H2,1-4H3. The third-order valence-corrected chi connectivity index (χ3v) is 2.82. The Balaban J connectivity index is 2.58. The molecule has 2 N–H and O–H groups in total. The van der Waals surface area contributed by atoms with Gasteiger partial charge in [-0.05, 0) is 45.2 Å². The molecule has 0 amide bonds. The van der Waals surface area contributed by atoms with Crippen molar-refractivity contribution in [2.75, 3.05) is 6.61 Å². The van der Waals surface area contributed by atoms with E-state index in [1.807, 2.05) is 13.8 Å². The van der Waals surface area contributed by atoms with Crippen LogP contribution in [0.3, 0.4) is 0 Å². The summed E-state index contributed by atoms with van der Waals surface area (Å²) in [5.41, 5.74) is 2.50. The van der Waals surface area contributed by atoms with Crippen LogP contribution in [-0.2, 0) is 6.42 Å². The van der Waals surface area contributed by atoms with E-state index in [0.717, 1.165) is 6.42 Å². The average Bonchev–Trinajstić information content (AvgIpc) is 2.21. The van der Waals surface area contributed by atoms with Gasteiger partial charge in [-0.15, -0.1) is 0 Å². The van der Waals surface area contributed by atoms with Crippen LogP contribution < -0.4 is 5.32 Å². The number of aliphatic hydroxyl groups excluding tert-OH is 1. The summed E-state index contributed by atoms with van der Waals surface area (Å²) in [6.07, 6.45) is 0.996. The molecule has 0 aliphatic carbocycles. The first-order valence-electron chi connectivity index (χ1n) is 5.87. The predicted molar refractivity (Wildman–Crippen MR) is 68.6 cm³/mol. The molecule has 1 aromatic carbocycles. The number of aryl methyl sites for hydroxylation is 1. The van der Waals surface area contributed by atoms with Gasteiger partial charge in [-0.3, -0.25) is 0 Å². The van der Waals surface area contributed by atoms with E-state index in [1.54, 1.807) is 0 Å². The number of benzene rings is 1. The first kappa shape index (κ1) is 13.2. The molecule has 1 rings (SSSR count). The molecule has 2 nitrogen and oxygen atoms in total. The van der Waals surface area contributed by atoms with E-state index in [2.05, 4.69) is 43.4 Å². The summed E-state index contributed by atoms with van der Waals surface area (Å²) in [6, 6.07) is 8.81. The van der Waals surface area contributed by atoms with Gasteiger partial charge in [0, 0.05) is 11.6 Å². The molecular weight excluding hydrogens is 198 g/mol. The maximum absolute atomic E-state index is 9.20. The van der Waals surface area contributed by atoms with Gasteiger partial charge in [0.25, 0.3) is 0 Å². The summed E-state index contributed by atoms with van der Waals surface area (Å²) < 4.78 is 0. The van der Waals surface area contributed by atoms with Gasteiger partial charge in [-0.2, -0.15) is 0 Å². The van der Waals surface area contributed by atoms with E-state index in [-0.39, 0.29) is 12.1 Å². The van der Waals surface area contributed by atoms with Crippen molar-refractivity contribution in [1.29, 1.82) is 0 Å². The summed E-state index contributed by atoms with van der Waals surface area (Å²) in [6.45, 7) is 8.48. The molecule has 1 atom stereocenters. The lowest BCUT2D eigenvalue weighted by molar-refractivity contribution is 0.177. The lowest BCUT2D eigenvalue weighted by Crippen LogP contribution is -2.48. The molecule has 1 aromatic rings. The Hall–Kier alpha value is -0.860. The van der Waals surface area contributed by atoms with Crippen molar-refractivity contribution in [3.8, 4) is 0 Å². The minimum Gasteiger partial charge on any atom is -0.394 e. The van der Waals surface area contributed by atoms with Crippen LogP contribution >= 0.6 is 0 Å². The van der Waals surface area contributed by atoms with Crippen molar-refractivity contribution < 1.29 is 5.11 Å². The molecule has 1 unspecified atom stereocenters. The molecule has 0 aliphatic rings. The second-order valence-corrected chi connectivity index (χ2v) is 5.22. The van der Waals surface area contributed by atoms with Crippen molar-refractivity contribution in [3.63, 3.8) is 0 Å². The molecule has 0 bridgehead atoms. The van der Waals surface area contributed by atoms with Crippen molar-refractivity contribution in [2.45, 2.75) is 45.7 Å². The Labute approximate surface area is 98.7 Å². The van der Waals surface area contributed by atoms with E-state index < -0.39 is 0 Å². The minimum atomic E-state index is -0.206. The molecule has 0 aromatic heterocycles. The Morgan fingerprint density at radius 3 is 2.50 bits per heavy atom. The molecule has 2 heteroatoms. The summed E-state index contributed by atoms with van der Waals surface area (Å²) in [4.78, 5) is 0. The summed E-state index contributed by atoms with van der Waals surface area (Å²) in [7, 11) is 0. The smallest absolute Gasteiger partial charge is 0.0607 e. The van der Waals surface area contributed by atoms with Gasteiger partial charge in [-0.1, -0.05) is 24.3 Å². The fourth-order valence-corrected chi connectivity index (χ4v) is 1.93. The van der Waals surface area contributed by atoms with Crippen molar-refractivity contribution in [3.05, 3.63) is 35.4 Å². The van der Waals surface area contributed by atoms with E-state index in [4.69, 9.17) is 0 Å². The highest BCUT2D eigenvalue weighted by Gasteiger charge is 2.18. The van der Waals surface area contributed by atoms with Gasteiger partial charge >= 0.3 is 0 Å². The molecule has 16 heavy (non-hydrogen) atoms. The maximum atomic E-state index is 9.20. The second kappa shape index (κ2) is 5.46. The van der Waals surface area contributed by atoms with Gasteiger partial charge < -0.3 is 10.4 Å². The quantitative estimate of drug-likeness (QED) is 0.799. The predicted octanol–water partition coefficient (Wildman–Crippen LogP) is 2.29.